The molecule has 0 radical (unpaired) electrons. The van der Waals surface area contributed by atoms with Crippen molar-refractivity contribution >= 4 is 22.9 Å². The molecule has 5 heteroatoms. The van der Waals surface area contributed by atoms with Crippen molar-refractivity contribution in [2.24, 2.45) is 0 Å². The number of halogens is 1. The second-order valence-corrected chi connectivity index (χ2v) is 4.85. The van der Waals surface area contributed by atoms with E-state index in [0.29, 0.717) is 16.4 Å². The predicted octanol–water partition coefficient (Wildman–Crippen LogP) is 2.75. The van der Waals surface area contributed by atoms with Gasteiger partial charge in [-0.2, -0.15) is 0 Å². The van der Waals surface area contributed by atoms with Gasteiger partial charge in [-0.05, 0) is 18.1 Å². The molecule has 3 aromatic rings. The van der Waals surface area contributed by atoms with Crippen molar-refractivity contribution in [1.29, 1.82) is 0 Å². The van der Waals surface area contributed by atoms with Crippen LogP contribution in [-0.4, -0.2) is 14.6 Å². The quantitative estimate of drug-likeness (QED) is 0.798. The van der Waals surface area contributed by atoms with E-state index in [2.05, 4.69) is 22.3 Å². The molecule has 0 bridgehead atoms. The Morgan fingerprint density at radius 3 is 2.68 bits per heavy atom. The minimum absolute atomic E-state index is 0.547. The van der Waals surface area contributed by atoms with Gasteiger partial charge in [0.2, 0.25) is 0 Å². The molecule has 4 nitrogen and oxygen atoms in total. The Balaban J connectivity index is 1.89. The lowest BCUT2D eigenvalue weighted by Gasteiger charge is -2.03. The van der Waals surface area contributed by atoms with Crippen LogP contribution in [0.1, 0.15) is 11.4 Å². The second kappa shape index (κ2) is 4.90. The lowest BCUT2D eigenvalue weighted by molar-refractivity contribution is 0.839. The van der Waals surface area contributed by atoms with Crippen molar-refractivity contribution in [3.05, 3.63) is 59.0 Å². The third-order valence-electron chi connectivity index (χ3n) is 3.05. The summed E-state index contributed by atoms with van der Waals surface area (Å²) in [6.07, 6.45) is 3.51. The van der Waals surface area contributed by atoms with Gasteiger partial charge in [0.15, 0.2) is 5.65 Å². The smallest absolute Gasteiger partial charge is 0.184 e. The molecule has 0 spiro atoms. The highest BCUT2D eigenvalue weighted by atomic mass is 35.5. The van der Waals surface area contributed by atoms with Crippen molar-refractivity contribution in [2.45, 2.75) is 12.8 Å². The van der Waals surface area contributed by atoms with E-state index in [9.17, 15) is 0 Å². The molecule has 0 saturated carbocycles. The fourth-order valence-electron chi connectivity index (χ4n) is 2.10. The summed E-state index contributed by atoms with van der Waals surface area (Å²) in [5.41, 5.74) is 8.35. The normalized spacial score (nSPS) is 11.0. The Hall–Kier alpha value is -2.07. The topological polar surface area (TPSA) is 56.2 Å². The number of nitrogens with two attached hydrogens (primary N) is 1. The Labute approximate surface area is 115 Å². The first-order valence-corrected chi connectivity index (χ1v) is 6.44. The summed E-state index contributed by atoms with van der Waals surface area (Å²) in [5.74, 6) is 0.869. The van der Waals surface area contributed by atoms with E-state index >= 15 is 0 Å². The van der Waals surface area contributed by atoms with E-state index in [1.54, 1.807) is 12.3 Å². The zero-order valence-corrected chi connectivity index (χ0v) is 11.0. The third-order valence-corrected chi connectivity index (χ3v) is 3.26. The number of aromatic nitrogens is 3. The minimum atomic E-state index is 0.547. The van der Waals surface area contributed by atoms with Gasteiger partial charge >= 0.3 is 0 Å². The van der Waals surface area contributed by atoms with Crippen LogP contribution in [0.3, 0.4) is 0 Å². The Morgan fingerprint density at radius 2 is 1.89 bits per heavy atom. The molecule has 0 aliphatic heterocycles. The minimum Gasteiger partial charge on any atom is -0.396 e. The van der Waals surface area contributed by atoms with Gasteiger partial charge in [-0.25, -0.2) is 0 Å². The molecule has 1 aromatic carbocycles. The molecule has 0 fully saturated rings. The van der Waals surface area contributed by atoms with Crippen molar-refractivity contribution in [3.63, 3.8) is 0 Å². The van der Waals surface area contributed by atoms with Crippen molar-refractivity contribution in [1.82, 2.24) is 14.6 Å². The molecule has 0 aliphatic rings. The fourth-order valence-corrected chi connectivity index (χ4v) is 2.32. The molecular weight excluding hydrogens is 260 g/mol. The van der Waals surface area contributed by atoms with Gasteiger partial charge < -0.3 is 5.73 Å². The highest BCUT2D eigenvalue weighted by Crippen LogP contribution is 2.19. The van der Waals surface area contributed by atoms with Crippen LogP contribution in [0, 0.1) is 0 Å². The number of hydrogen-bond donors (Lipinski definition) is 1. The molecule has 0 amide bonds. The van der Waals surface area contributed by atoms with Crippen molar-refractivity contribution < 1.29 is 0 Å². The summed E-state index contributed by atoms with van der Waals surface area (Å²) in [7, 11) is 0. The second-order valence-electron chi connectivity index (χ2n) is 4.41. The van der Waals surface area contributed by atoms with Crippen LogP contribution < -0.4 is 5.73 Å². The summed E-state index contributed by atoms with van der Waals surface area (Å²) in [4.78, 5) is 0. The number of benzene rings is 1. The van der Waals surface area contributed by atoms with Gasteiger partial charge in [-0.3, -0.25) is 4.40 Å². The summed E-state index contributed by atoms with van der Waals surface area (Å²) in [5, 5.41) is 8.88. The van der Waals surface area contributed by atoms with E-state index in [1.807, 2.05) is 22.6 Å². The molecule has 0 unspecified atom stereocenters. The molecule has 96 valence electrons. The van der Waals surface area contributed by atoms with Crippen molar-refractivity contribution in [3.8, 4) is 0 Å². The summed E-state index contributed by atoms with van der Waals surface area (Å²) < 4.78 is 1.86. The highest BCUT2D eigenvalue weighted by molar-refractivity contribution is 6.30. The maximum absolute atomic E-state index is 6.01. The molecule has 2 N–H and O–H groups in total. The van der Waals surface area contributed by atoms with Crippen LogP contribution in [0.4, 0.5) is 5.69 Å². The lowest BCUT2D eigenvalue weighted by atomic mass is 10.1. The number of pyridine rings is 1. The zero-order chi connectivity index (χ0) is 13.2. The van der Waals surface area contributed by atoms with Gasteiger partial charge in [0.05, 0.1) is 10.7 Å². The molecule has 3 rings (SSSR count). The molecule has 19 heavy (non-hydrogen) atoms. The molecule has 0 atom stereocenters. The van der Waals surface area contributed by atoms with Crippen LogP contribution in [0.5, 0.6) is 0 Å². The summed E-state index contributed by atoms with van der Waals surface area (Å²) in [6.45, 7) is 0. The first-order chi connectivity index (χ1) is 9.24. The number of nitrogens with zero attached hydrogens (tertiary/aromatic N) is 3. The monoisotopic (exact) mass is 272 g/mol. The fraction of sp³-hybridized carbons (Fsp3) is 0.143. The number of hydrogen-bond acceptors (Lipinski definition) is 3. The maximum atomic E-state index is 6.01. The van der Waals surface area contributed by atoms with E-state index in [4.69, 9.17) is 17.3 Å². The van der Waals surface area contributed by atoms with Crippen LogP contribution >= 0.6 is 11.6 Å². The lowest BCUT2D eigenvalue weighted by Crippen LogP contribution is -1.99. The third kappa shape index (κ3) is 2.39. The Bertz CT molecular complexity index is 706. The highest BCUT2D eigenvalue weighted by Gasteiger charge is 2.09. The predicted molar refractivity (Wildman–Crippen MR) is 76.3 cm³/mol. The van der Waals surface area contributed by atoms with Crippen molar-refractivity contribution in [2.75, 3.05) is 5.73 Å². The average molecular weight is 273 g/mol. The SMILES string of the molecule is Nc1cc(Cl)cn2c(CCc3ccccc3)nnc12. The van der Waals surface area contributed by atoms with E-state index < -0.39 is 0 Å². The van der Waals surface area contributed by atoms with Gasteiger partial charge in [0, 0.05) is 12.6 Å². The molecule has 0 aliphatic carbocycles. The maximum Gasteiger partial charge on any atom is 0.184 e. The zero-order valence-electron chi connectivity index (χ0n) is 10.3. The standard InChI is InChI=1S/C14H13ClN4/c15-11-8-12(16)14-18-17-13(19(14)9-11)7-6-10-4-2-1-3-5-10/h1-5,8-9H,6-7,16H2. The van der Waals surface area contributed by atoms with Crippen LogP contribution in [0.15, 0.2) is 42.6 Å². The number of anilines is 1. The number of fused-ring (bicyclic) bond motifs is 1. The molecule has 2 aromatic heterocycles. The van der Waals surface area contributed by atoms with Crippen LogP contribution in [-0.2, 0) is 12.8 Å². The first kappa shape index (κ1) is 12.0. The summed E-state index contributed by atoms with van der Waals surface area (Å²) >= 11 is 6.01. The molecular formula is C14H13ClN4. The summed E-state index contributed by atoms with van der Waals surface area (Å²) in [6, 6.07) is 12.0. The Morgan fingerprint density at radius 1 is 1.11 bits per heavy atom. The van der Waals surface area contributed by atoms with E-state index in [1.165, 1.54) is 5.56 Å². The molecule has 2 heterocycles. The van der Waals surface area contributed by atoms with E-state index in [0.717, 1.165) is 18.7 Å². The number of aryl methyl sites for hydroxylation is 2. The Kier molecular flexibility index (Phi) is 3.09. The van der Waals surface area contributed by atoms with Gasteiger partial charge in [0.1, 0.15) is 5.82 Å². The van der Waals surface area contributed by atoms with Crippen LogP contribution in [0.2, 0.25) is 5.02 Å². The number of nitrogen functional groups attached to an aromatic ring is 1. The molecule has 0 saturated heterocycles. The largest absolute Gasteiger partial charge is 0.396 e. The van der Waals surface area contributed by atoms with E-state index in [-0.39, 0.29) is 0 Å². The number of rotatable bonds is 3. The van der Waals surface area contributed by atoms with Crippen LogP contribution in [0.25, 0.3) is 5.65 Å². The average Bonchev–Trinajstić information content (AvgIpc) is 2.81. The van der Waals surface area contributed by atoms with Gasteiger partial charge in [0.25, 0.3) is 0 Å². The van der Waals surface area contributed by atoms with Gasteiger partial charge in [-0.15, -0.1) is 10.2 Å². The first-order valence-electron chi connectivity index (χ1n) is 6.06. The van der Waals surface area contributed by atoms with Gasteiger partial charge in [-0.1, -0.05) is 41.9 Å².